The largest absolute Gasteiger partial charge is 0.461 e. The smallest absolute Gasteiger partial charge is 0.313 e. The first-order valence-corrected chi connectivity index (χ1v) is 5.35. The highest BCUT2D eigenvalue weighted by Gasteiger charge is 2.44. The molecular formula is C11H16O3. The predicted octanol–water partition coefficient (Wildman–Crippen LogP) is 1.70. The summed E-state index contributed by atoms with van der Waals surface area (Å²) in [4.78, 5) is 22.0. The summed E-state index contributed by atoms with van der Waals surface area (Å²) in [5, 5.41) is 0. The number of carbonyl (C=O) groups is 2. The van der Waals surface area contributed by atoms with Crippen LogP contribution < -0.4 is 0 Å². The van der Waals surface area contributed by atoms with Gasteiger partial charge in [0.15, 0.2) is 0 Å². The molecule has 0 aromatic rings. The Morgan fingerprint density at radius 3 is 2.07 bits per heavy atom. The summed E-state index contributed by atoms with van der Waals surface area (Å²) >= 11 is 0. The van der Waals surface area contributed by atoms with Gasteiger partial charge >= 0.3 is 5.97 Å². The van der Waals surface area contributed by atoms with E-state index in [0.29, 0.717) is 11.8 Å². The molecule has 0 aromatic heterocycles. The van der Waals surface area contributed by atoms with Crippen LogP contribution in [-0.4, -0.2) is 17.9 Å². The molecule has 0 saturated heterocycles. The third-order valence-electron chi connectivity index (χ3n) is 2.83. The van der Waals surface area contributed by atoms with Crippen molar-refractivity contribution in [3.63, 3.8) is 0 Å². The summed E-state index contributed by atoms with van der Waals surface area (Å²) < 4.78 is 5.35. The van der Waals surface area contributed by atoms with Crippen molar-refractivity contribution in [2.75, 3.05) is 0 Å². The molecule has 2 fully saturated rings. The molecule has 78 valence electrons. The van der Waals surface area contributed by atoms with Gasteiger partial charge in [-0.05, 0) is 44.4 Å². The van der Waals surface area contributed by atoms with Gasteiger partial charge in [0, 0.05) is 0 Å². The van der Waals surface area contributed by atoms with Crippen LogP contribution in [0.5, 0.6) is 0 Å². The molecule has 3 nitrogen and oxygen atoms in total. The molecule has 2 aliphatic rings. The van der Waals surface area contributed by atoms with Crippen LogP contribution in [0.15, 0.2) is 0 Å². The monoisotopic (exact) mass is 196 g/mol. The Kier molecular flexibility index (Phi) is 2.57. The summed E-state index contributed by atoms with van der Waals surface area (Å²) in [6.07, 6.45) is 4.82. The Morgan fingerprint density at radius 1 is 1.21 bits per heavy atom. The van der Waals surface area contributed by atoms with Gasteiger partial charge in [-0.25, -0.2) is 0 Å². The van der Waals surface area contributed by atoms with Gasteiger partial charge in [-0.1, -0.05) is 0 Å². The van der Waals surface area contributed by atoms with Gasteiger partial charge in [0.2, 0.25) is 0 Å². The molecule has 2 aliphatic carbocycles. The van der Waals surface area contributed by atoms with Crippen molar-refractivity contribution in [2.24, 2.45) is 11.8 Å². The molecule has 0 aromatic carbocycles. The lowest BCUT2D eigenvalue weighted by atomic mass is 10.1. The Labute approximate surface area is 83.8 Å². The summed E-state index contributed by atoms with van der Waals surface area (Å²) in [7, 11) is 0. The minimum absolute atomic E-state index is 0.0596. The van der Waals surface area contributed by atoms with E-state index >= 15 is 0 Å². The molecule has 14 heavy (non-hydrogen) atoms. The minimum atomic E-state index is -0.332. The zero-order chi connectivity index (χ0) is 10.1. The Bertz CT molecular complexity index is 239. The molecule has 0 aliphatic heterocycles. The van der Waals surface area contributed by atoms with Gasteiger partial charge in [-0.3, -0.25) is 9.59 Å². The third-order valence-corrected chi connectivity index (χ3v) is 2.83. The maximum absolute atomic E-state index is 11.3. The SMILES string of the molecule is CC(=O)CC(=O)OC(C1CC1)C1CC1. The molecule has 0 amide bonds. The van der Waals surface area contributed by atoms with E-state index in [-0.39, 0.29) is 24.3 Å². The number of hydrogen-bond donors (Lipinski definition) is 0. The van der Waals surface area contributed by atoms with Crippen molar-refractivity contribution < 1.29 is 14.3 Å². The van der Waals surface area contributed by atoms with Gasteiger partial charge in [0.25, 0.3) is 0 Å². The first-order valence-electron chi connectivity index (χ1n) is 5.35. The zero-order valence-corrected chi connectivity index (χ0v) is 8.49. The summed E-state index contributed by atoms with van der Waals surface area (Å²) in [6, 6.07) is 0. The van der Waals surface area contributed by atoms with E-state index in [1.807, 2.05) is 0 Å². The summed E-state index contributed by atoms with van der Waals surface area (Å²) in [5.74, 6) is 0.749. The second-order valence-electron chi connectivity index (χ2n) is 4.51. The van der Waals surface area contributed by atoms with Crippen molar-refractivity contribution in [1.82, 2.24) is 0 Å². The third kappa shape index (κ3) is 2.56. The number of hydrogen-bond acceptors (Lipinski definition) is 3. The summed E-state index contributed by atoms with van der Waals surface area (Å²) in [6.45, 7) is 1.42. The Morgan fingerprint density at radius 2 is 1.71 bits per heavy atom. The van der Waals surface area contributed by atoms with Crippen molar-refractivity contribution >= 4 is 11.8 Å². The Hall–Kier alpha value is -0.860. The van der Waals surface area contributed by atoms with Crippen LogP contribution >= 0.6 is 0 Å². The maximum Gasteiger partial charge on any atom is 0.313 e. The van der Waals surface area contributed by atoms with Gasteiger partial charge in [0.1, 0.15) is 18.3 Å². The van der Waals surface area contributed by atoms with E-state index in [1.54, 1.807) is 0 Å². The van der Waals surface area contributed by atoms with Gasteiger partial charge in [-0.2, -0.15) is 0 Å². The molecule has 2 saturated carbocycles. The fourth-order valence-electron chi connectivity index (χ4n) is 1.82. The standard InChI is InChI=1S/C11H16O3/c1-7(12)6-10(13)14-11(8-2-3-8)9-4-5-9/h8-9,11H,2-6H2,1H3. The lowest BCUT2D eigenvalue weighted by Crippen LogP contribution is -2.23. The quantitative estimate of drug-likeness (QED) is 0.496. The summed E-state index contributed by atoms with van der Waals surface area (Å²) in [5.41, 5.74) is 0. The number of ether oxygens (including phenoxy) is 1. The second kappa shape index (κ2) is 3.71. The number of ketones is 1. The first-order chi connectivity index (χ1) is 6.66. The van der Waals surface area contributed by atoms with Crippen molar-refractivity contribution in [2.45, 2.75) is 45.1 Å². The van der Waals surface area contributed by atoms with Crippen LogP contribution in [0.3, 0.4) is 0 Å². The number of carbonyl (C=O) groups excluding carboxylic acids is 2. The fourth-order valence-corrected chi connectivity index (χ4v) is 1.82. The normalized spacial score (nSPS) is 21.0. The van der Waals surface area contributed by atoms with E-state index in [1.165, 1.54) is 32.6 Å². The highest BCUT2D eigenvalue weighted by Crippen LogP contribution is 2.46. The van der Waals surface area contributed by atoms with Crippen molar-refractivity contribution in [1.29, 1.82) is 0 Å². The topological polar surface area (TPSA) is 43.4 Å². The molecule has 3 heteroatoms. The lowest BCUT2D eigenvalue weighted by Gasteiger charge is -2.16. The van der Waals surface area contributed by atoms with Crippen molar-refractivity contribution in [3.8, 4) is 0 Å². The van der Waals surface area contributed by atoms with Crippen LogP contribution in [0, 0.1) is 11.8 Å². The molecule has 0 spiro atoms. The average molecular weight is 196 g/mol. The minimum Gasteiger partial charge on any atom is -0.461 e. The molecule has 0 bridgehead atoms. The van der Waals surface area contributed by atoms with Crippen LogP contribution in [0.2, 0.25) is 0 Å². The highest BCUT2D eigenvalue weighted by atomic mass is 16.5. The van der Waals surface area contributed by atoms with E-state index in [0.717, 1.165) is 0 Å². The lowest BCUT2D eigenvalue weighted by molar-refractivity contribution is -0.152. The van der Waals surface area contributed by atoms with E-state index in [9.17, 15) is 9.59 Å². The predicted molar refractivity (Wildman–Crippen MR) is 50.6 cm³/mol. The number of Topliss-reactive ketones (excluding diaryl/α,β-unsaturated/α-hetero) is 1. The zero-order valence-electron chi connectivity index (χ0n) is 8.49. The van der Waals surface area contributed by atoms with Crippen LogP contribution in [0.25, 0.3) is 0 Å². The van der Waals surface area contributed by atoms with E-state index in [4.69, 9.17) is 4.74 Å². The Balaban J connectivity index is 1.80. The molecule has 0 radical (unpaired) electrons. The molecule has 0 atom stereocenters. The van der Waals surface area contributed by atoms with Gasteiger partial charge < -0.3 is 4.74 Å². The first kappa shape index (κ1) is 9.69. The van der Waals surface area contributed by atoms with Gasteiger partial charge in [-0.15, -0.1) is 0 Å². The fraction of sp³-hybridized carbons (Fsp3) is 0.818. The number of rotatable bonds is 5. The van der Waals surface area contributed by atoms with Crippen molar-refractivity contribution in [3.05, 3.63) is 0 Å². The molecule has 0 heterocycles. The molecule has 0 N–H and O–H groups in total. The van der Waals surface area contributed by atoms with E-state index in [2.05, 4.69) is 0 Å². The second-order valence-corrected chi connectivity index (χ2v) is 4.51. The van der Waals surface area contributed by atoms with Crippen LogP contribution in [0.1, 0.15) is 39.0 Å². The molecular weight excluding hydrogens is 180 g/mol. The average Bonchev–Trinajstić information content (AvgIpc) is 2.94. The van der Waals surface area contributed by atoms with E-state index < -0.39 is 0 Å². The maximum atomic E-state index is 11.3. The highest BCUT2D eigenvalue weighted by molar-refractivity contribution is 5.94. The molecule has 2 rings (SSSR count). The molecule has 0 unspecified atom stereocenters. The van der Waals surface area contributed by atoms with Crippen LogP contribution in [0.4, 0.5) is 0 Å². The van der Waals surface area contributed by atoms with Gasteiger partial charge in [0.05, 0.1) is 0 Å². The number of esters is 1. The van der Waals surface area contributed by atoms with Crippen LogP contribution in [-0.2, 0) is 14.3 Å².